The summed E-state index contributed by atoms with van der Waals surface area (Å²) < 4.78 is 5.68. The van der Waals surface area contributed by atoms with E-state index in [4.69, 9.17) is 4.42 Å². The van der Waals surface area contributed by atoms with Gasteiger partial charge in [-0.3, -0.25) is 0 Å². The van der Waals surface area contributed by atoms with Gasteiger partial charge in [0.15, 0.2) is 0 Å². The fraction of sp³-hybridized carbons (Fsp3) is 0.353. The van der Waals surface area contributed by atoms with Crippen molar-refractivity contribution < 1.29 is 9.21 Å². The molecule has 2 amide bonds. The molecule has 2 N–H and O–H groups in total. The first-order valence-corrected chi connectivity index (χ1v) is 7.05. The number of nitrogens with one attached hydrogen (secondary N) is 2. The van der Waals surface area contributed by atoms with Crippen molar-refractivity contribution in [3.63, 3.8) is 0 Å². The van der Waals surface area contributed by atoms with E-state index in [1.54, 1.807) is 0 Å². The van der Waals surface area contributed by atoms with E-state index in [0.717, 1.165) is 17.2 Å². The molecule has 1 aromatic heterocycles. The predicted molar refractivity (Wildman–Crippen MR) is 84.2 cm³/mol. The van der Waals surface area contributed by atoms with Gasteiger partial charge in [-0.25, -0.2) is 4.79 Å². The number of rotatable bonds is 3. The number of anilines is 1. The summed E-state index contributed by atoms with van der Waals surface area (Å²) in [6.45, 7) is 8.10. The van der Waals surface area contributed by atoms with Crippen molar-refractivity contribution in [2.24, 2.45) is 5.41 Å². The predicted octanol–water partition coefficient (Wildman–Crippen LogP) is 4.50. The highest BCUT2D eigenvalue weighted by Gasteiger charge is 2.30. The second-order valence-corrected chi connectivity index (χ2v) is 6.21. The molecule has 0 saturated carbocycles. The average molecular weight is 286 g/mol. The first kappa shape index (κ1) is 15.2. The Morgan fingerprint density at radius 2 is 1.76 bits per heavy atom. The minimum Gasteiger partial charge on any atom is -0.464 e. The van der Waals surface area contributed by atoms with Crippen molar-refractivity contribution in [2.45, 2.75) is 33.7 Å². The molecule has 4 heteroatoms. The summed E-state index contributed by atoms with van der Waals surface area (Å²) in [4.78, 5) is 12.2. The summed E-state index contributed by atoms with van der Waals surface area (Å²) >= 11 is 0. The Balaban J connectivity index is 2.11. The number of amides is 2. The van der Waals surface area contributed by atoms with E-state index < -0.39 is 0 Å². The van der Waals surface area contributed by atoms with Crippen LogP contribution in [0.3, 0.4) is 0 Å². The molecule has 2 rings (SSSR count). The van der Waals surface area contributed by atoms with Crippen LogP contribution in [0, 0.1) is 12.3 Å². The summed E-state index contributed by atoms with van der Waals surface area (Å²) in [7, 11) is 0. The molecule has 0 aliphatic rings. The zero-order valence-corrected chi connectivity index (χ0v) is 12.9. The number of benzene rings is 1. The topological polar surface area (TPSA) is 54.3 Å². The lowest BCUT2D eigenvalue weighted by Gasteiger charge is -2.29. The van der Waals surface area contributed by atoms with Crippen molar-refractivity contribution in [2.75, 3.05) is 5.32 Å². The van der Waals surface area contributed by atoms with Crippen LogP contribution in [-0.2, 0) is 0 Å². The van der Waals surface area contributed by atoms with Gasteiger partial charge in [0.1, 0.15) is 11.5 Å². The van der Waals surface area contributed by atoms with Crippen LogP contribution < -0.4 is 10.6 Å². The van der Waals surface area contributed by atoms with E-state index in [1.807, 2.05) is 49.4 Å². The Bertz CT molecular complexity index is 597. The summed E-state index contributed by atoms with van der Waals surface area (Å²) in [5, 5.41) is 5.82. The Kier molecular flexibility index (Phi) is 4.36. The zero-order chi connectivity index (χ0) is 15.5. The highest BCUT2D eigenvalue weighted by molar-refractivity contribution is 5.89. The van der Waals surface area contributed by atoms with Gasteiger partial charge in [-0.15, -0.1) is 0 Å². The van der Waals surface area contributed by atoms with Crippen molar-refractivity contribution in [3.8, 4) is 0 Å². The molecule has 0 radical (unpaired) electrons. The van der Waals surface area contributed by atoms with E-state index in [9.17, 15) is 4.79 Å². The van der Waals surface area contributed by atoms with Gasteiger partial charge >= 0.3 is 6.03 Å². The van der Waals surface area contributed by atoms with Crippen molar-refractivity contribution in [1.29, 1.82) is 0 Å². The molecule has 1 heterocycles. The maximum atomic E-state index is 12.2. The molecular weight excluding hydrogens is 264 g/mol. The van der Waals surface area contributed by atoms with Crippen LogP contribution in [0.25, 0.3) is 0 Å². The molecule has 2 aromatic rings. The third-order valence-electron chi connectivity index (χ3n) is 3.22. The molecule has 0 fully saturated rings. The zero-order valence-electron chi connectivity index (χ0n) is 12.9. The molecule has 112 valence electrons. The number of carbonyl (C=O) groups is 1. The van der Waals surface area contributed by atoms with E-state index in [-0.39, 0.29) is 17.5 Å². The Morgan fingerprint density at radius 3 is 2.29 bits per heavy atom. The van der Waals surface area contributed by atoms with Crippen LogP contribution >= 0.6 is 0 Å². The number of aryl methyl sites for hydroxylation is 1. The van der Waals surface area contributed by atoms with Gasteiger partial charge in [-0.1, -0.05) is 39.0 Å². The smallest absolute Gasteiger partial charge is 0.319 e. The lowest BCUT2D eigenvalue weighted by atomic mass is 9.85. The van der Waals surface area contributed by atoms with Crippen LogP contribution in [-0.4, -0.2) is 6.03 Å². The lowest BCUT2D eigenvalue weighted by Crippen LogP contribution is -2.38. The molecule has 0 aliphatic heterocycles. The van der Waals surface area contributed by atoms with E-state index in [1.165, 1.54) is 0 Å². The maximum absolute atomic E-state index is 12.2. The molecule has 4 nitrogen and oxygen atoms in total. The van der Waals surface area contributed by atoms with Gasteiger partial charge in [-0.2, -0.15) is 0 Å². The van der Waals surface area contributed by atoms with E-state index >= 15 is 0 Å². The average Bonchev–Trinajstić information content (AvgIpc) is 2.82. The highest BCUT2D eigenvalue weighted by Crippen LogP contribution is 2.33. The van der Waals surface area contributed by atoms with Crippen molar-refractivity contribution in [3.05, 3.63) is 54.0 Å². The summed E-state index contributed by atoms with van der Waals surface area (Å²) in [6, 6.07) is 12.8. The van der Waals surface area contributed by atoms with Crippen molar-refractivity contribution >= 4 is 11.7 Å². The Hall–Kier alpha value is -2.23. The lowest BCUT2D eigenvalue weighted by molar-refractivity contribution is 0.215. The summed E-state index contributed by atoms with van der Waals surface area (Å²) in [5.41, 5.74) is 0.608. The number of furan rings is 1. The first-order chi connectivity index (χ1) is 9.86. The Labute approximate surface area is 125 Å². The van der Waals surface area contributed by atoms with Crippen LogP contribution in [0.4, 0.5) is 10.5 Å². The second kappa shape index (κ2) is 6.04. The molecule has 1 aromatic carbocycles. The van der Waals surface area contributed by atoms with Crippen LogP contribution in [0.15, 0.2) is 46.9 Å². The summed E-state index contributed by atoms with van der Waals surface area (Å²) in [5.74, 6) is 1.60. The third kappa shape index (κ3) is 4.12. The molecule has 21 heavy (non-hydrogen) atoms. The summed E-state index contributed by atoms with van der Waals surface area (Å²) in [6.07, 6.45) is 0. The molecule has 0 aliphatic carbocycles. The molecule has 1 atom stereocenters. The number of urea groups is 1. The molecule has 0 spiro atoms. The van der Waals surface area contributed by atoms with E-state index in [0.29, 0.717) is 0 Å². The van der Waals surface area contributed by atoms with Gasteiger partial charge in [0, 0.05) is 5.69 Å². The fourth-order valence-corrected chi connectivity index (χ4v) is 2.14. The molecular formula is C17H22N2O2. The van der Waals surface area contributed by atoms with Crippen LogP contribution in [0.1, 0.15) is 38.3 Å². The standard InChI is InChI=1S/C17H22N2O2/c1-12-10-11-14(21-12)15(17(2,3)4)19-16(20)18-13-8-6-5-7-9-13/h5-11,15H,1-4H3,(H2,18,19,20)/t15-/m1/s1. The maximum Gasteiger partial charge on any atom is 0.319 e. The van der Waals surface area contributed by atoms with Gasteiger partial charge in [0.25, 0.3) is 0 Å². The largest absolute Gasteiger partial charge is 0.464 e. The van der Waals surface area contributed by atoms with Gasteiger partial charge in [-0.05, 0) is 36.6 Å². The number of carbonyl (C=O) groups excluding carboxylic acids is 1. The second-order valence-electron chi connectivity index (χ2n) is 6.21. The number of hydrogen-bond acceptors (Lipinski definition) is 2. The van der Waals surface area contributed by atoms with Gasteiger partial charge in [0.05, 0.1) is 6.04 Å². The fourth-order valence-electron chi connectivity index (χ4n) is 2.14. The van der Waals surface area contributed by atoms with Gasteiger partial charge < -0.3 is 15.1 Å². The number of para-hydroxylation sites is 1. The monoisotopic (exact) mass is 286 g/mol. The van der Waals surface area contributed by atoms with Gasteiger partial charge in [0.2, 0.25) is 0 Å². The van der Waals surface area contributed by atoms with Crippen LogP contribution in [0.5, 0.6) is 0 Å². The molecule has 0 unspecified atom stereocenters. The van der Waals surface area contributed by atoms with E-state index in [2.05, 4.69) is 31.4 Å². The molecule has 0 saturated heterocycles. The minimum absolute atomic E-state index is 0.154. The minimum atomic E-state index is -0.241. The number of hydrogen-bond donors (Lipinski definition) is 2. The molecule has 0 bridgehead atoms. The first-order valence-electron chi connectivity index (χ1n) is 7.05. The highest BCUT2D eigenvalue weighted by atomic mass is 16.3. The van der Waals surface area contributed by atoms with Crippen LogP contribution in [0.2, 0.25) is 0 Å². The normalized spacial score (nSPS) is 12.8. The van der Waals surface area contributed by atoms with Crippen molar-refractivity contribution in [1.82, 2.24) is 5.32 Å². The third-order valence-corrected chi connectivity index (χ3v) is 3.22. The SMILES string of the molecule is Cc1ccc([C@@H](NC(=O)Nc2ccccc2)C(C)(C)C)o1. The Morgan fingerprint density at radius 1 is 1.10 bits per heavy atom. The quantitative estimate of drug-likeness (QED) is 0.873.